The molecule has 0 radical (unpaired) electrons. The maximum atomic E-state index is 13.4. The molecule has 0 bridgehead atoms. The number of rotatable bonds is 6. The number of aryl methyl sites for hydroxylation is 1. The van der Waals surface area contributed by atoms with Crippen LogP contribution in [0.25, 0.3) is 0 Å². The number of nitrogens with one attached hydrogen (secondary N) is 1. The number of pyridine rings is 1. The Morgan fingerprint density at radius 1 is 1.02 bits per heavy atom. The minimum absolute atomic E-state index is 0.0495. The molecule has 0 aromatic carbocycles. The Morgan fingerprint density at radius 2 is 1.64 bits per heavy atom. The fraction of sp³-hybridized carbons (Fsp3) is 0.552. The molecular weight excluding hydrogens is 562 g/mol. The van der Waals surface area contributed by atoms with Crippen molar-refractivity contribution in [3.8, 4) is 0 Å². The zero-order valence-corrected chi connectivity index (χ0v) is 26.2. The predicted octanol–water partition coefficient (Wildman–Crippen LogP) is 5.36. The van der Waals surface area contributed by atoms with E-state index in [2.05, 4.69) is 15.3 Å². The molecule has 1 atom stereocenters. The summed E-state index contributed by atoms with van der Waals surface area (Å²) in [7, 11) is 3.20. The van der Waals surface area contributed by atoms with Crippen molar-refractivity contribution in [1.29, 1.82) is 0 Å². The highest BCUT2D eigenvalue weighted by Gasteiger charge is 2.35. The molecule has 0 aliphatic heterocycles. The summed E-state index contributed by atoms with van der Waals surface area (Å²) in [4.78, 5) is 75.6. The molecule has 4 amide bonds. The number of Topliss-reactive ketones (excluding diaryl/α,β-unsaturated/α-hetero) is 2. The van der Waals surface area contributed by atoms with Crippen LogP contribution >= 0.6 is 11.3 Å². The van der Waals surface area contributed by atoms with Crippen LogP contribution in [0.1, 0.15) is 85.8 Å². The minimum atomic E-state index is -0.883. The Morgan fingerprint density at radius 3 is 2.17 bits per heavy atom. The third-order valence-electron chi connectivity index (χ3n) is 6.01. The average Bonchev–Trinajstić information content (AvgIpc) is 3.19. The van der Waals surface area contributed by atoms with Gasteiger partial charge in [0, 0.05) is 44.5 Å². The number of carbonyl (C=O) groups is 5. The molecule has 0 fully saturated rings. The van der Waals surface area contributed by atoms with Crippen LogP contribution in [0.4, 0.5) is 19.5 Å². The zero-order valence-electron chi connectivity index (χ0n) is 25.4. The molecule has 0 saturated heterocycles. The summed E-state index contributed by atoms with van der Waals surface area (Å²) in [6, 6.07) is 2.86. The lowest BCUT2D eigenvalue weighted by molar-refractivity contribution is 0.00163. The second-order valence-electron chi connectivity index (χ2n) is 12.2. The van der Waals surface area contributed by atoms with Crippen molar-refractivity contribution in [2.75, 3.05) is 26.0 Å². The van der Waals surface area contributed by atoms with Crippen molar-refractivity contribution < 1.29 is 33.4 Å². The van der Waals surface area contributed by atoms with Crippen LogP contribution in [-0.2, 0) is 22.3 Å². The smallest absolute Gasteiger partial charge is 0.419 e. The molecule has 1 aliphatic rings. The van der Waals surface area contributed by atoms with Crippen molar-refractivity contribution in [1.82, 2.24) is 19.8 Å². The first-order valence-electron chi connectivity index (χ1n) is 13.7. The number of imide groups is 1. The summed E-state index contributed by atoms with van der Waals surface area (Å²) >= 11 is 1.07. The molecular formula is C29H39N5O7S. The molecule has 2 aromatic rings. The maximum Gasteiger partial charge on any atom is 0.419 e. The Kier molecular flexibility index (Phi) is 10.1. The van der Waals surface area contributed by atoms with Gasteiger partial charge in [-0.05, 0) is 72.9 Å². The summed E-state index contributed by atoms with van der Waals surface area (Å²) < 4.78 is 10.8. The molecule has 228 valence electrons. The molecule has 0 spiro atoms. The molecule has 12 nitrogen and oxygen atoms in total. The Labute approximate surface area is 249 Å². The Balaban J connectivity index is 1.71. The zero-order chi connectivity index (χ0) is 31.4. The molecule has 13 heteroatoms. The van der Waals surface area contributed by atoms with Gasteiger partial charge in [0.15, 0.2) is 16.7 Å². The molecule has 42 heavy (non-hydrogen) atoms. The number of carbonyl (C=O) groups excluding carboxylic acids is 5. The van der Waals surface area contributed by atoms with E-state index in [0.29, 0.717) is 40.7 Å². The van der Waals surface area contributed by atoms with Gasteiger partial charge in [-0.2, -0.15) is 0 Å². The summed E-state index contributed by atoms with van der Waals surface area (Å²) in [5.41, 5.74) is -0.227. The van der Waals surface area contributed by atoms with E-state index in [1.807, 2.05) is 0 Å². The highest BCUT2D eigenvalue weighted by Crippen LogP contribution is 2.33. The molecule has 3 rings (SSSR count). The first-order chi connectivity index (χ1) is 19.4. The maximum absolute atomic E-state index is 13.4. The minimum Gasteiger partial charge on any atom is -0.443 e. The third-order valence-corrected chi connectivity index (χ3v) is 7.04. The highest BCUT2D eigenvalue weighted by atomic mass is 32.1. The second kappa shape index (κ2) is 13.0. The van der Waals surface area contributed by atoms with Gasteiger partial charge in [-0.25, -0.2) is 24.3 Å². The molecule has 2 heterocycles. The lowest BCUT2D eigenvalue weighted by Gasteiger charge is -2.28. The summed E-state index contributed by atoms with van der Waals surface area (Å²) in [5.74, 6) is -1.54. The average molecular weight is 602 g/mol. The van der Waals surface area contributed by atoms with Crippen LogP contribution in [0.3, 0.4) is 0 Å². The van der Waals surface area contributed by atoms with Crippen LogP contribution in [-0.4, -0.2) is 81.4 Å². The van der Waals surface area contributed by atoms with Crippen LogP contribution < -0.4 is 5.32 Å². The number of thiazole rings is 1. The van der Waals surface area contributed by atoms with E-state index >= 15 is 0 Å². The lowest BCUT2D eigenvalue weighted by Crippen LogP contribution is -2.44. The lowest BCUT2D eigenvalue weighted by atomic mass is 9.91. The van der Waals surface area contributed by atoms with Gasteiger partial charge in [0.1, 0.15) is 11.2 Å². The number of hydrogen-bond acceptors (Lipinski definition) is 10. The van der Waals surface area contributed by atoms with E-state index in [1.54, 1.807) is 67.8 Å². The Hall–Kier alpha value is -3.87. The topological polar surface area (TPSA) is 148 Å². The number of amides is 4. The number of aromatic nitrogens is 2. The number of nitrogens with zero attached hydrogens (tertiary/aromatic N) is 4. The van der Waals surface area contributed by atoms with Gasteiger partial charge in [0.25, 0.3) is 0 Å². The quantitative estimate of drug-likeness (QED) is 0.262. The summed E-state index contributed by atoms with van der Waals surface area (Å²) in [5, 5.41) is 2.98. The highest BCUT2D eigenvalue weighted by molar-refractivity contribution is 7.17. The van der Waals surface area contributed by atoms with Gasteiger partial charge in [-0.1, -0.05) is 11.3 Å². The van der Waals surface area contributed by atoms with Gasteiger partial charge in [0.05, 0.1) is 16.5 Å². The monoisotopic (exact) mass is 601 g/mol. The number of ether oxygens (including phenoxy) is 2. The normalized spacial score (nSPS) is 15.2. The number of fused-ring (bicyclic) bond motifs is 1. The van der Waals surface area contributed by atoms with Crippen molar-refractivity contribution in [2.45, 2.75) is 78.4 Å². The Bertz CT molecular complexity index is 1310. The van der Waals surface area contributed by atoms with E-state index in [1.165, 1.54) is 11.1 Å². The van der Waals surface area contributed by atoms with Gasteiger partial charge >= 0.3 is 18.2 Å². The number of ketones is 2. The predicted molar refractivity (Wildman–Crippen MR) is 157 cm³/mol. The second-order valence-corrected chi connectivity index (χ2v) is 13.2. The van der Waals surface area contributed by atoms with Crippen LogP contribution in [0.5, 0.6) is 0 Å². The fourth-order valence-electron chi connectivity index (χ4n) is 4.02. The third kappa shape index (κ3) is 8.81. The molecule has 1 aliphatic carbocycles. The molecule has 0 saturated carbocycles. The first-order valence-corrected chi connectivity index (χ1v) is 14.5. The van der Waals surface area contributed by atoms with E-state index < -0.39 is 29.3 Å². The van der Waals surface area contributed by atoms with Gasteiger partial charge in [-0.15, -0.1) is 0 Å². The number of anilines is 1. The summed E-state index contributed by atoms with van der Waals surface area (Å²) in [6.07, 6.45) is 1.43. The number of urea groups is 1. The van der Waals surface area contributed by atoms with Crippen LogP contribution in [0.2, 0.25) is 0 Å². The van der Waals surface area contributed by atoms with Crippen molar-refractivity contribution in [2.24, 2.45) is 5.92 Å². The van der Waals surface area contributed by atoms with Gasteiger partial charge in [0.2, 0.25) is 0 Å². The van der Waals surface area contributed by atoms with Crippen molar-refractivity contribution in [3.63, 3.8) is 0 Å². The number of hydrogen-bond donors (Lipinski definition) is 1. The van der Waals surface area contributed by atoms with E-state index in [0.717, 1.165) is 16.2 Å². The van der Waals surface area contributed by atoms with Gasteiger partial charge in [-0.3, -0.25) is 19.9 Å². The first kappa shape index (κ1) is 32.6. The van der Waals surface area contributed by atoms with Crippen LogP contribution in [0.15, 0.2) is 18.3 Å². The van der Waals surface area contributed by atoms with E-state index in [-0.39, 0.29) is 36.1 Å². The standard InChI is InChI=1S/C29H39N5O7S/c1-28(2,3)40-26(38)34(27(39)41-29(4,5)6)15-14-18-13-12-17(16-30-18)21(35)19-10-9-11-20-23(22(19)36)42-24(31-20)32-25(37)33(7)8/h12-13,16,19H,9-11,14-15H2,1-8H3,(H,31,32,37). The fourth-order valence-corrected chi connectivity index (χ4v) is 5.02. The van der Waals surface area contributed by atoms with E-state index in [4.69, 9.17) is 9.47 Å². The van der Waals surface area contributed by atoms with Gasteiger partial charge < -0.3 is 14.4 Å². The summed E-state index contributed by atoms with van der Waals surface area (Å²) in [6.45, 7) is 10.2. The van der Waals surface area contributed by atoms with Crippen molar-refractivity contribution in [3.05, 3.63) is 40.2 Å². The van der Waals surface area contributed by atoms with Crippen LogP contribution in [0, 0.1) is 5.92 Å². The molecule has 2 aromatic heterocycles. The largest absolute Gasteiger partial charge is 0.443 e. The van der Waals surface area contributed by atoms with Crippen molar-refractivity contribution >= 4 is 46.3 Å². The van der Waals surface area contributed by atoms with E-state index in [9.17, 15) is 24.0 Å². The molecule has 1 N–H and O–H groups in total. The SMILES string of the molecule is CN(C)C(=O)Nc1nc2c(s1)C(=O)C(C(=O)c1ccc(CCN(C(=O)OC(C)(C)C)C(=O)OC(C)(C)C)nc1)CCC2. The molecule has 1 unspecified atom stereocenters.